The Morgan fingerprint density at radius 3 is 2.61 bits per heavy atom. The highest BCUT2D eigenvalue weighted by molar-refractivity contribution is 7.99. The van der Waals surface area contributed by atoms with E-state index in [9.17, 15) is 13.2 Å². The summed E-state index contributed by atoms with van der Waals surface area (Å²) in [6, 6.07) is 4.75. The Bertz CT molecular complexity index is 863. The van der Waals surface area contributed by atoms with E-state index < -0.39 is 12.0 Å². The zero-order valence-electron chi connectivity index (χ0n) is 12.1. The third-order valence-corrected chi connectivity index (χ3v) is 4.17. The summed E-state index contributed by atoms with van der Waals surface area (Å²) in [5, 5.41) is 1.24. The van der Waals surface area contributed by atoms with Crippen molar-refractivity contribution in [1.82, 2.24) is 19.5 Å². The van der Waals surface area contributed by atoms with Crippen molar-refractivity contribution in [3.63, 3.8) is 0 Å². The first-order chi connectivity index (χ1) is 10.9. The maximum Gasteiger partial charge on any atom is 0.451 e. The lowest BCUT2D eigenvalue weighted by Gasteiger charge is -2.11. The minimum atomic E-state index is -4.63. The predicted molar refractivity (Wildman–Crippen MR) is 78.4 cm³/mol. The van der Waals surface area contributed by atoms with Crippen LogP contribution in [0.25, 0.3) is 10.9 Å². The molecule has 23 heavy (non-hydrogen) atoms. The van der Waals surface area contributed by atoms with E-state index in [1.165, 1.54) is 13.2 Å². The number of ether oxygens (including phenoxy) is 1. The summed E-state index contributed by atoms with van der Waals surface area (Å²) < 4.78 is 45.9. The van der Waals surface area contributed by atoms with E-state index in [1.807, 2.05) is 0 Å². The standard InChI is InChI=1S/C14H11F3N4OS/c1-21-6-5-18-13(21)23-11-9-4-3-8(22-2)7-10(9)19-12(20-11)14(15,16)17/h3-7H,1-2H3. The lowest BCUT2D eigenvalue weighted by molar-refractivity contribution is -0.145. The number of rotatable bonds is 3. The molecule has 0 aliphatic heterocycles. The van der Waals surface area contributed by atoms with Gasteiger partial charge in [0.25, 0.3) is 0 Å². The normalized spacial score (nSPS) is 11.9. The third-order valence-electron chi connectivity index (χ3n) is 3.09. The number of hydrogen-bond donors (Lipinski definition) is 0. The molecule has 0 radical (unpaired) electrons. The molecule has 0 bridgehead atoms. The van der Waals surface area contributed by atoms with Crippen molar-refractivity contribution < 1.29 is 17.9 Å². The van der Waals surface area contributed by atoms with Crippen LogP contribution in [0.5, 0.6) is 5.75 Å². The molecule has 0 unspecified atom stereocenters. The van der Waals surface area contributed by atoms with Crippen molar-refractivity contribution in [2.45, 2.75) is 16.4 Å². The van der Waals surface area contributed by atoms with Crippen LogP contribution in [0.4, 0.5) is 13.2 Å². The van der Waals surface area contributed by atoms with E-state index in [0.717, 1.165) is 11.8 Å². The Balaban J connectivity index is 2.19. The van der Waals surface area contributed by atoms with Gasteiger partial charge in [0, 0.05) is 30.9 Å². The fourth-order valence-electron chi connectivity index (χ4n) is 1.95. The van der Waals surface area contributed by atoms with E-state index >= 15 is 0 Å². The Morgan fingerprint density at radius 2 is 2.00 bits per heavy atom. The van der Waals surface area contributed by atoms with Crippen LogP contribution in [0.2, 0.25) is 0 Å². The number of alkyl halides is 3. The van der Waals surface area contributed by atoms with Crippen LogP contribution in [0.3, 0.4) is 0 Å². The quantitative estimate of drug-likeness (QED) is 0.683. The summed E-state index contributed by atoms with van der Waals surface area (Å²) in [4.78, 5) is 11.4. The zero-order chi connectivity index (χ0) is 16.6. The van der Waals surface area contributed by atoms with Gasteiger partial charge in [0.2, 0.25) is 5.82 Å². The van der Waals surface area contributed by atoms with Gasteiger partial charge in [-0.3, -0.25) is 0 Å². The molecular weight excluding hydrogens is 329 g/mol. The van der Waals surface area contributed by atoms with Gasteiger partial charge in [0.05, 0.1) is 12.6 Å². The van der Waals surface area contributed by atoms with Crippen LogP contribution in [-0.2, 0) is 13.2 Å². The molecule has 0 saturated carbocycles. The predicted octanol–water partition coefficient (Wildman–Crippen LogP) is 3.54. The molecule has 2 aromatic heterocycles. The van der Waals surface area contributed by atoms with E-state index in [-0.39, 0.29) is 10.5 Å². The van der Waals surface area contributed by atoms with Crippen LogP contribution in [0.15, 0.2) is 40.8 Å². The van der Waals surface area contributed by atoms with Crippen molar-refractivity contribution in [3.05, 3.63) is 36.4 Å². The average molecular weight is 340 g/mol. The Hall–Kier alpha value is -2.29. The van der Waals surface area contributed by atoms with Crippen LogP contribution < -0.4 is 4.74 Å². The monoisotopic (exact) mass is 340 g/mol. The largest absolute Gasteiger partial charge is 0.497 e. The van der Waals surface area contributed by atoms with Crippen molar-refractivity contribution in [3.8, 4) is 5.75 Å². The van der Waals surface area contributed by atoms with Gasteiger partial charge in [-0.15, -0.1) is 0 Å². The van der Waals surface area contributed by atoms with Gasteiger partial charge in [0.15, 0.2) is 5.16 Å². The van der Waals surface area contributed by atoms with Crippen LogP contribution in [-0.4, -0.2) is 26.6 Å². The SMILES string of the molecule is COc1ccc2c(Sc3nccn3C)nc(C(F)(F)F)nc2c1. The maximum atomic E-state index is 13.0. The molecule has 0 spiro atoms. The van der Waals surface area contributed by atoms with Crippen molar-refractivity contribution in [2.75, 3.05) is 7.11 Å². The number of methoxy groups -OCH3 is 1. The van der Waals surface area contributed by atoms with Gasteiger partial charge in [-0.2, -0.15) is 13.2 Å². The lowest BCUT2D eigenvalue weighted by atomic mass is 10.2. The first kappa shape index (κ1) is 15.6. The number of fused-ring (bicyclic) bond motifs is 1. The van der Waals surface area contributed by atoms with Gasteiger partial charge in [-0.05, 0) is 23.9 Å². The van der Waals surface area contributed by atoms with E-state index in [1.54, 1.807) is 36.1 Å². The van der Waals surface area contributed by atoms with Gasteiger partial charge < -0.3 is 9.30 Å². The molecule has 0 fully saturated rings. The van der Waals surface area contributed by atoms with Crippen LogP contribution >= 0.6 is 11.8 Å². The van der Waals surface area contributed by atoms with E-state index in [2.05, 4.69) is 15.0 Å². The number of nitrogens with zero attached hydrogens (tertiary/aromatic N) is 4. The summed E-state index contributed by atoms with van der Waals surface area (Å²) in [6.45, 7) is 0. The molecule has 120 valence electrons. The molecule has 0 aliphatic rings. The smallest absolute Gasteiger partial charge is 0.451 e. The first-order valence-electron chi connectivity index (χ1n) is 6.46. The molecule has 1 aromatic carbocycles. The summed E-state index contributed by atoms with van der Waals surface area (Å²) in [6.07, 6.45) is -1.35. The fourth-order valence-corrected chi connectivity index (χ4v) is 2.85. The second-order valence-corrected chi connectivity index (χ2v) is 5.61. The molecule has 0 atom stereocenters. The molecule has 0 aliphatic carbocycles. The molecule has 0 amide bonds. The van der Waals surface area contributed by atoms with Crippen molar-refractivity contribution in [1.29, 1.82) is 0 Å². The molecule has 0 saturated heterocycles. The Kier molecular flexibility index (Phi) is 3.88. The highest BCUT2D eigenvalue weighted by Crippen LogP contribution is 2.35. The highest BCUT2D eigenvalue weighted by Gasteiger charge is 2.35. The Labute approximate surface area is 133 Å². The van der Waals surface area contributed by atoms with Crippen molar-refractivity contribution in [2.24, 2.45) is 7.05 Å². The molecule has 5 nitrogen and oxygen atoms in total. The maximum absolute atomic E-state index is 13.0. The van der Waals surface area contributed by atoms with Gasteiger partial charge in [-0.1, -0.05) is 0 Å². The summed E-state index contributed by atoms with van der Waals surface area (Å²) in [5.41, 5.74) is 0.170. The third kappa shape index (κ3) is 3.09. The number of hydrogen-bond acceptors (Lipinski definition) is 5. The fraction of sp³-hybridized carbons (Fsp3) is 0.214. The van der Waals surface area contributed by atoms with Crippen molar-refractivity contribution >= 4 is 22.7 Å². The number of halogens is 3. The number of aromatic nitrogens is 4. The number of aryl methyl sites for hydroxylation is 1. The zero-order valence-corrected chi connectivity index (χ0v) is 12.9. The molecule has 0 N–H and O–H groups in total. The summed E-state index contributed by atoms with van der Waals surface area (Å²) in [7, 11) is 3.20. The number of benzene rings is 1. The summed E-state index contributed by atoms with van der Waals surface area (Å²) in [5.74, 6) is -0.757. The van der Waals surface area contributed by atoms with Crippen LogP contribution in [0, 0.1) is 0 Å². The minimum Gasteiger partial charge on any atom is -0.497 e. The minimum absolute atomic E-state index is 0.170. The van der Waals surface area contributed by atoms with E-state index in [0.29, 0.717) is 16.3 Å². The van der Waals surface area contributed by atoms with E-state index in [4.69, 9.17) is 4.74 Å². The highest BCUT2D eigenvalue weighted by atomic mass is 32.2. The molecular formula is C14H11F3N4OS. The second-order valence-electron chi connectivity index (χ2n) is 4.66. The van der Waals surface area contributed by atoms with Gasteiger partial charge in [-0.25, -0.2) is 15.0 Å². The first-order valence-corrected chi connectivity index (χ1v) is 7.28. The molecule has 9 heteroatoms. The number of imidazole rings is 1. The molecule has 3 rings (SSSR count). The summed E-state index contributed by atoms with van der Waals surface area (Å²) >= 11 is 1.05. The van der Waals surface area contributed by atoms with Crippen LogP contribution in [0.1, 0.15) is 5.82 Å². The average Bonchev–Trinajstić information content (AvgIpc) is 2.90. The Morgan fingerprint density at radius 1 is 1.22 bits per heavy atom. The second kappa shape index (κ2) is 5.73. The topological polar surface area (TPSA) is 52.8 Å². The van der Waals surface area contributed by atoms with Gasteiger partial charge >= 0.3 is 6.18 Å². The lowest BCUT2D eigenvalue weighted by Crippen LogP contribution is -2.12. The molecule has 3 aromatic rings. The molecule has 2 heterocycles. The van der Waals surface area contributed by atoms with Gasteiger partial charge in [0.1, 0.15) is 10.8 Å².